The lowest BCUT2D eigenvalue weighted by atomic mass is 10.1. The fraction of sp³-hybridized carbons (Fsp3) is 0.250. The van der Waals surface area contributed by atoms with Crippen LogP contribution in [0.2, 0.25) is 0 Å². The molecular weight excluding hydrogens is 311 g/mol. The number of non-ortho nitro benzene ring substituents is 1. The molecule has 0 N–H and O–H groups in total. The van der Waals surface area contributed by atoms with Crippen molar-refractivity contribution in [3.8, 4) is 11.3 Å². The van der Waals surface area contributed by atoms with Gasteiger partial charge in [-0.2, -0.15) is 17.9 Å². The Balaban J connectivity index is 0.00000220. The Morgan fingerprint density at radius 1 is 1.24 bits per heavy atom. The second kappa shape index (κ2) is 5.72. The number of nitrogens with zero attached hydrogens (tertiary/aromatic N) is 3. The van der Waals surface area contributed by atoms with Crippen molar-refractivity contribution in [3.63, 3.8) is 0 Å². The standard InChI is InChI=1S/C12H11F3N3O2.ClH/c1-16-10(7-11(17(16)2)12(13,14)15)8-3-5-9(6-4-8)18(19)20;/h3-7H,1-2H3;1H/q+1;/p-1. The SMILES string of the molecule is Cn1c(C(F)(F)F)cc(-c2ccc([N+](=O)[O-])cc2)[n+]1C.[Cl-]. The Morgan fingerprint density at radius 3 is 2.14 bits per heavy atom. The third kappa shape index (κ3) is 3.15. The molecule has 0 aliphatic carbocycles. The molecule has 1 aromatic heterocycles. The van der Waals surface area contributed by atoms with Crippen molar-refractivity contribution >= 4 is 5.69 Å². The molecule has 21 heavy (non-hydrogen) atoms. The highest BCUT2D eigenvalue weighted by Crippen LogP contribution is 2.31. The molecule has 2 rings (SSSR count). The average molecular weight is 322 g/mol. The van der Waals surface area contributed by atoms with Gasteiger partial charge in [-0.1, -0.05) is 0 Å². The molecule has 114 valence electrons. The Labute approximate surface area is 124 Å². The summed E-state index contributed by atoms with van der Waals surface area (Å²) in [5.41, 5.74) is -0.0874. The molecule has 0 radical (unpaired) electrons. The van der Waals surface area contributed by atoms with E-state index in [2.05, 4.69) is 0 Å². The number of hydrogen-bond acceptors (Lipinski definition) is 2. The van der Waals surface area contributed by atoms with E-state index in [9.17, 15) is 23.3 Å². The number of hydrogen-bond donors (Lipinski definition) is 0. The van der Waals surface area contributed by atoms with Crippen molar-refractivity contribution in [3.05, 3.63) is 46.1 Å². The summed E-state index contributed by atoms with van der Waals surface area (Å²) in [7, 11) is 2.80. The normalized spacial score (nSPS) is 11.1. The second-order valence-electron chi connectivity index (χ2n) is 4.26. The van der Waals surface area contributed by atoms with Gasteiger partial charge in [-0.05, 0) is 12.1 Å². The fourth-order valence-corrected chi connectivity index (χ4v) is 1.93. The molecule has 0 saturated carbocycles. The summed E-state index contributed by atoms with van der Waals surface area (Å²) < 4.78 is 40.7. The van der Waals surface area contributed by atoms with Gasteiger partial charge in [-0.3, -0.25) is 10.1 Å². The lowest BCUT2D eigenvalue weighted by Gasteiger charge is -2.03. The zero-order valence-electron chi connectivity index (χ0n) is 11.1. The van der Waals surface area contributed by atoms with Gasteiger partial charge >= 0.3 is 6.18 Å². The van der Waals surface area contributed by atoms with E-state index in [4.69, 9.17) is 0 Å². The summed E-state index contributed by atoms with van der Waals surface area (Å²) in [5.74, 6) is 0. The van der Waals surface area contributed by atoms with Gasteiger partial charge in [0.05, 0.1) is 12.0 Å². The molecule has 5 nitrogen and oxygen atoms in total. The fourth-order valence-electron chi connectivity index (χ4n) is 1.93. The molecule has 0 atom stereocenters. The molecule has 0 fully saturated rings. The van der Waals surface area contributed by atoms with Crippen LogP contribution in [0.3, 0.4) is 0 Å². The summed E-state index contributed by atoms with van der Waals surface area (Å²) in [5, 5.41) is 10.6. The Hall–Kier alpha value is -2.09. The number of benzene rings is 1. The highest BCUT2D eigenvalue weighted by Gasteiger charge is 2.39. The Morgan fingerprint density at radius 2 is 1.76 bits per heavy atom. The first kappa shape index (κ1) is 17.0. The highest BCUT2D eigenvalue weighted by molar-refractivity contribution is 5.58. The summed E-state index contributed by atoms with van der Waals surface area (Å²) in [6, 6.07) is 6.38. The zero-order chi connectivity index (χ0) is 15.1. The van der Waals surface area contributed by atoms with Crippen LogP contribution >= 0.6 is 0 Å². The third-order valence-corrected chi connectivity index (χ3v) is 3.09. The van der Waals surface area contributed by atoms with Gasteiger partial charge < -0.3 is 12.4 Å². The smallest absolute Gasteiger partial charge is 0.437 e. The highest BCUT2D eigenvalue weighted by atomic mass is 35.5. The number of nitro benzene ring substituents is 1. The van der Waals surface area contributed by atoms with Gasteiger partial charge in [-0.15, -0.1) is 4.68 Å². The van der Waals surface area contributed by atoms with Crippen molar-refractivity contribution in [2.45, 2.75) is 6.18 Å². The molecule has 0 aliphatic rings. The van der Waals surface area contributed by atoms with Crippen LogP contribution in [0, 0.1) is 10.1 Å². The van der Waals surface area contributed by atoms with Crippen LogP contribution in [-0.2, 0) is 20.3 Å². The molecule has 1 heterocycles. The van der Waals surface area contributed by atoms with Crippen LogP contribution in [0.1, 0.15) is 5.69 Å². The number of nitro groups is 1. The molecule has 0 spiro atoms. The first-order chi connectivity index (χ1) is 9.21. The Kier molecular flexibility index (Phi) is 4.62. The minimum Gasteiger partial charge on any atom is -1.00 e. The maximum atomic E-state index is 12.8. The van der Waals surface area contributed by atoms with Gasteiger partial charge in [0.25, 0.3) is 5.69 Å². The van der Waals surface area contributed by atoms with Gasteiger partial charge in [-0.25, -0.2) is 0 Å². The molecule has 0 amide bonds. The predicted molar refractivity (Wildman–Crippen MR) is 63.7 cm³/mol. The van der Waals surface area contributed by atoms with Gasteiger partial charge in [0.2, 0.25) is 5.69 Å². The number of aromatic nitrogens is 2. The quantitative estimate of drug-likeness (QED) is 0.423. The molecule has 1 aromatic carbocycles. The largest absolute Gasteiger partial charge is 1.00 e. The summed E-state index contributed by atoms with van der Waals surface area (Å²) in [6.45, 7) is 0. The van der Waals surface area contributed by atoms with E-state index >= 15 is 0 Å². The molecule has 0 unspecified atom stereocenters. The summed E-state index contributed by atoms with van der Waals surface area (Å²) in [6.07, 6.45) is -4.45. The van der Waals surface area contributed by atoms with Crippen molar-refractivity contribution in [1.82, 2.24) is 4.68 Å². The van der Waals surface area contributed by atoms with Gasteiger partial charge in [0, 0.05) is 23.8 Å². The maximum Gasteiger partial charge on any atom is 0.437 e. The van der Waals surface area contributed by atoms with Crippen molar-refractivity contribution in [1.29, 1.82) is 0 Å². The van der Waals surface area contributed by atoms with Crippen molar-refractivity contribution < 1.29 is 35.2 Å². The number of rotatable bonds is 2. The first-order valence-corrected chi connectivity index (χ1v) is 5.60. The van der Waals surface area contributed by atoms with E-state index in [1.165, 1.54) is 43.0 Å². The maximum absolute atomic E-state index is 12.8. The van der Waals surface area contributed by atoms with E-state index < -0.39 is 16.8 Å². The zero-order valence-corrected chi connectivity index (χ0v) is 11.8. The lowest BCUT2D eigenvalue weighted by Crippen LogP contribution is -3.00. The molecule has 9 heteroatoms. The van der Waals surface area contributed by atoms with Crippen LogP contribution in [0.4, 0.5) is 18.9 Å². The monoisotopic (exact) mass is 321 g/mol. The van der Waals surface area contributed by atoms with Crippen molar-refractivity contribution in [2.24, 2.45) is 14.1 Å². The topological polar surface area (TPSA) is 51.9 Å². The van der Waals surface area contributed by atoms with E-state index in [-0.39, 0.29) is 18.1 Å². The predicted octanol–water partition coefficient (Wildman–Crippen LogP) is -0.552. The van der Waals surface area contributed by atoms with Gasteiger partial charge in [0.1, 0.15) is 0 Å². The molecule has 0 saturated heterocycles. The molecule has 2 aromatic rings. The van der Waals surface area contributed by atoms with E-state index in [0.29, 0.717) is 11.3 Å². The second-order valence-corrected chi connectivity index (χ2v) is 4.26. The first-order valence-electron chi connectivity index (χ1n) is 5.60. The molecule has 0 aliphatic heterocycles. The van der Waals surface area contributed by atoms with Crippen LogP contribution in [0.25, 0.3) is 11.3 Å². The minimum atomic E-state index is -4.45. The van der Waals surface area contributed by atoms with E-state index in [1.54, 1.807) is 0 Å². The number of alkyl halides is 3. The van der Waals surface area contributed by atoms with E-state index in [1.807, 2.05) is 0 Å². The van der Waals surface area contributed by atoms with Crippen LogP contribution in [0.15, 0.2) is 30.3 Å². The molecular formula is C12H11ClF3N3O2. The lowest BCUT2D eigenvalue weighted by molar-refractivity contribution is -0.742. The summed E-state index contributed by atoms with van der Waals surface area (Å²) >= 11 is 0. The minimum absolute atomic E-state index is 0. The average Bonchev–Trinajstić information content (AvgIpc) is 2.66. The van der Waals surface area contributed by atoms with Crippen LogP contribution in [0.5, 0.6) is 0 Å². The summed E-state index contributed by atoms with van der Waals surface area (Å²) in [4.78, 5) is 9.99. The van der Waals surface area contributed by atoms with Gasteiger partial charge in [0.15, 0.2) is 12.7 Å². The Bertz CT molecular complexity index is 666. The third-order valence-electron chi connectivity index (χ3n) is 3.09. The van der Waals surface area contributed by atoms with Crippen LogP contribution in [-0.4, -0.2) is 9.61 Å². The number of halogens is 4. The molecule has 0 bridgehead atoms. The van der Waals surface area contributed by atoms with Crippen molar-refractivity contribution in [2.75, 3.05) is 0 Å². The van der Waals surface area contributed by atoms with E-state index in [0.717, 1.165) is 10.7 Å². The van der Waals surface area contributed by atoms with Crippen LogP contribution < -0.4 is 17.1 Å².